The summed E-state index contributed by atoms with van der Waals surface area (Å²) in [4.78, 5) is 32.1. The Balaban J connectivity index is 0.000000423. The fourth-order valence-electron chi connectivity index (χ4n) is 3.65. The van der Waals surface area contributed by atoms with Gasteiger partial charge in [-0.2, -0.15) is 13.2 Å². The Morgan fingerprint density at radius 2 is 2.00 bits per heavy atom. The van der Waals surface area contributed by atoms with E-state index >= 15 is 0 Å². The van der Waals surface area contributed by atoms with Gasteiger partial charge >= 0.3 is 12.1 Å². The van der Waals surface area contributed by atoms with Crippen molar-refractivity contribution in [1.29, 1.82) is 0 Å². The van der Waals surface area contributed by atoms with Crippen molar-refractivity contribution in [3.05, 3.63) is 12.4 Å². The Morgan fingerprint density at radius 1 is 1.32 bits per heavy atom. The van der Waals surface area contributed by atoms with Crippen LogP contribution in [-0.2, 0) is 14.3 Å². The highest BCUT2D eigenvalue weighted by Crippen LogP contribution is 2.35. The number of nitrogens with zero attached hydrogens (tertiary/aromatic N) is 3. The molecule has 3 atom stereocenters. The summed E-state index contributed by atoms with van der Waals surface area (Å²) in [5.41, 5.74) is 0. The van der Waals surface area contributed by atoms with E-state index in [1.807, 2.05) is 19.9 Å². The van der Waals surface area contributed by atoms with E-state index in [0.29, 0.717) is 12.5 Å². The molecule has 0 bridgehead atoms. The molecule has 12 heteroatoms. The lowest BCUT2D eigenvalue weighted by atomic mass is 9.79. The molecule has 1 aromatic rings. The van der Waals surface area contributed by atoms with Gasteiger partial charge in [-0.05, 0) is 26.7 Å². The molecule has 31 heavy (non-hydrogen) atoms. The molecule has 2 saturated heterocycles. The molecule has 0 aromatic carbocycles. The quantitative estimate of drug-likeness (QED) is 0.718. The number of carboxylic acids is 1. The summed E-state index contributed by atoms with van der Waals surface area (Å²) in [6.45, 7) is 6.28. The smallest absolute Gasteiger partial charge is 0.481 e. The number of alkyl halides is 3. The number of methoxy groups -OCH3 is 1. The van der Waals surface area contributed by atoms with Crippen molar-refractivity contribution in [2.24, 2.45) is 11.8 Å². The largest absolute Gasteiger partial charge is 0.490 e. The van der Waals surface area contributed by atoms with Gasteiger partial charge in [0.25, 0.3) is 0 Å². The summed E-state index contributed by atoms with van der Waals surface area (Å²) >= 11 is 0. The molecule has 3 rings (SSSR count). The lowest BCUT2D eigenvalue weighted by Gasteiger charge is -2.45. The van der Waals surface area contributed by atoms with Crippen LogP contribution in [0.2, 0.25) is 0 Å². The highest BCUT2D eigenvalue weighted by Gasteiger charge is 2.42. The SMILES string of the molecule is COc1cc(N2CC[C@@H]3OCC[C@H](C(=O)NC(C)C)[C@H]3C2)ncn1.O=C(O)C(F)(F)F. The molecule has 0 spiro atoms. The van der Waals surface area contributed by atoms with Gasteiger partial charge in [-0.3, -0.25) is 4.79 Å². The van der Waals surface area contributed by atoms with Crippen molar-refractivity contribution in [1.82, 2.24) is 15.3 Å². The van der Waals surface area contributed by atoms with Gasteiger partial charge in [0.2, 0.25) is 11.8 Å². The summed E-state index contributed by atoms with van der Waals surface area (Å²) in [7, 11) is 1.60. The van der Waals surface area contributed by atoms with E-state index in [-0.39, 0.29) is 29.9 Å². The minimum absolute atomic E-state index is 0.00215. The maximum absolute atomic E-state index is 12.6. The summed E-state index contributed by atoms with van der Waals surface area (Å²) < 4.78 is 42.9. The van der Waals surface area contributed by atoms with E-state index in [4.69, 9.17) is 19.4 Å². The minimum atomic E-state index is -5.08. The zero-order valence-corrected chi connectivity index (χ0v) is 17.6. The fourth-order valence-corrected chi connectivity index (χ4v) is 3.65. The van der Waals surface area contributed by atoms with Gasteiger partial charge in [0.05, 0.1) is 13.2 Å². The second-order valence-corrected chi connectivity index (χ2v) is 7.59. The third kappa shape index (κ3) is 6.94. The maximum atomic E-state index is 12.6. The number of aromatic nitrogens is 2. The molecule has 2 aliphatic heterocycles. The molecular weight excluding hydrogens is 421 g/mol. The molecule has 0 aliphatic carbocycles. The van der Waals surface area contributed by atoms with Gasteiger partial charge in [-0.1, -0.05) is 0 Å². The Labute approximate surface area is 177 Å². The Bertz CT molecular complexity index is 762. The number of anilines is 1. The number of amides is 1. The van der Waals surface area contributed by atoms with Crippen molar-refractivity contribution in [3.8, 4) is 5.88 Å². The molecular formula is C19H27F3N4O5. The molecule has 0 unspecified atom stereocenters. The number of carbonyl (C=O) groups excluding carboxylic acids is 1. The number of carbonyl (C=O) groups is 2. The van der Waals surface area contributed by atoms with Crippen LogP contribution in [-0.4, -0.2) is 72.1 Å². The van der Waals surface area contributed by atoms with Gasteiger partial charge in [-0.15, -0.1) is 0 Å². The molecule has 0 saturated carbocycles. The van der Waals surface area contributed by atoms with E-state index in [0.717, 1.165) is 31.7 Å². The topological polar surface area (TPSA) is 114 Å². The highest BCUT2D eigenvalue weighted by atomic mass is 19.4. The van der Waals surface area contributed by atoms with E-state index in [2.05, 4.69) is 20.2 Å². The van der Waals surface area contributed by atoms with Gasteiger partial charge in [0.1, 0.15) is 12.1 Å². The van der Waals surface area contributed by atoms with Crippen molar-refractivity contribution in [2.75, 3.05) is 31.7 Å². The van der Waals surface area contributed by atoms with Crippen LogP contribution in [0.15, 0.2) is 12.4 Å². The van der Waals surface area contributed by atoms with Crippen LogP contribution in [0.1, 0.15) is 26.7 Å². The lowest BCUT2D eigenvalue weighted by Crippen LogP contribution is -2.54. The van der Waals surface area contributed by atoms with Crippen molar-refractivity contribution in [3.63, 3.8) is 0 Å². The van der Waals surface area contributed by atoms with Crippen LogP contribution in [0.25, 0.3) is 0 Å². The average Bonchev–Trinajstić information content (AvgIpc) is 2.72. The minimum Gasteiger partial charge on any atom is -0.481 e. The van der Waals surface area contributed by atoms with Crippen LogP contribution in [0, 0.1) is 11.8 Å². The zero-order valence-electron chi connectivity index (χ0n) is 17.6. The van der Waals surface area contributed by atoms with E-state index in [1.54, 1.807) is 7.11 Å². The first-order valence-electron chi connectivity index (χ1n) is 9.86. The van der Waals surface area contributed by atoms with Crippen molar-refractivity contribution in [2.45, 2.75) is 45.0 Å². The summed E-state index contributed by atoms with van der Waals surface area (Å²) in [5, 5.41) is 10.2. The Morgan fingerprint density at radius 3 is 2.58 bits per heavy atom. The number of piperidine rings is 1. The van der Waals surface area contributed by atoms with Crippen LogP contribution >= 0.6 is 0 Å². The molecule has 174 valence electrons. The number of rotatable bonds is 4. The number of aliphatic carboxylic acids is 1. The summed E-state index contributed by atoms with van der Waals surface area (Å²) in [6.07, 6.45) is -1.73. The van der Waals surface area contributed by atoms with Crippen molar-refractivity contribution >= 4 is 17.7 Å². The lowest BCUT2D eigenvalue weighted by molar-refractivity contribution is -0.192. The Hall–Kier alpha value is -2.63. The predicted octanol–water partition coefficient (Wildman–Crippen LogP) is 1.87. The second-order valence-electron chi connectivity index (χ2n) is 7.59. The highest BCUT2D eigenvalue weighted by molar-refractivity contribution is 5.79. The molecule has 9 nitrogen and oxygen atoms in total. The first kappa shape index (κ1) is 24.6. The standard InChI is InChI=1S/C17H26N4O3.C2HF3O2/c1-11(2)20-17(22)12-5-7-24-14-4-6-21(9-13(12)14)15-8-16(23-3)19-10-18-15;3-2(4,5)1(6)7/h8,10-14H,4-7,9H2,1-3H3,(H,20,22);(H,6,7)/t12-,13+,14-;/m0./s1. The number of fused-ring (bicyclic) bond motifs is 1. The summed E-state index contributed by atoms with van der Waals surface area (Å²) in [6, 6.07) is 2.00. The maximum Gasteiger partial charge on any atom is 0.490 e. The van der Waals surface area contributed by atoms with Crippen LogP contribution in [0.3, 0.4) is 0 Å². The van der Waals surface area contributed by atoms with E-state index in [1.165, 1.54) is 6.33 Å². The first-order valence-corrected chi connectivity index (χ1v) is 9.86. The van der Waals surface area contributed by atoms with Gasteiger partial charge in [0.15, 0.2) is 0 Å². The third-order valence-electron chi connectivity index (χ3n) is 5.04. The van der Waals surface area contributed by atoms with Gasteiger partial charge < -0.3 is 24.8 Å². The van der Waals surface area contributed by atoms with Crippen LogP contribution in [0.5, 0.6) is 5.88 Å². The number of halogens is 3. The molecule has 3 heterocycles. The molecule has 2 aliphatic rings. The molecule has 1 amide bonds. The molecule has 2 fully saturated rings. The average molecular weight is 448 g/mol. The number of nitrogens with one attached hydrogen (secondary N) is 1. The van der Waals surface area contributed by atoms with Crippen molar-refractivity contribution < 1.29 is 37.3 Å². The first-order chi connectivity index (χ1) is 14.5. The normalized spacial score (nSPS) is 23.3. The van der Waals surface area contributed by atoms with Gasteiger partial charge in [0, 0.05) is 43.6 Å². The molecule has 0 radical (unpaired) electrons. The molecule has 2 N–H and O–H groups in total. The van der Waals surface area contributed by atoms with Crippen LogP contribution in [0.4, 0.5) is 19.0 Å². The summed E-state index contributed by atoms with van der Waals surface area (Å²) in [5.74, 6) is -1.03. The number of ether oxygens (including phenoxy) is 2. The number of hydrogen-bond acceptors (Lipinski definition) is 7. The second kappa shape index (κ2) is 10.6. The van der Waals surface area contributed by atoms with E-state index < -0.39 is 12.1 Å². The van der Waals surface area contributed by atoms with E-state index in [9.17, 15) is 18.0 Å². The number of carboxylic acid groups (broad SMARTS) is 1. The van der Waals surface area contributed by atoms with Crippen LogP contribution < -0.4 is 15.0 Å². The van der Waals surface area contributed by atoms with Gasteiger partial charge in [-0.25, -0.2) is 14.8 Å². The fraction of sp³-hybridized carbons (Fsp3) is 0.684. The predicted molar refractivity (Wildman–Crippen MR) is 104 cm³/mol. The Kier molecular flexibility index (Phi) is 8.43. The third-order valence-corrected chi connectivity index (χ3v) is 5.04. The molecule has 1 aromatic heterocycles. The zero-order chi connectivity index (χ0) is 23.2. The monoisotopic (exact) mass is 448 g/mol. The number of hydrogen-bond donors (Lipinski definition) is 2.